The summed E-state index contributed by atoms with van der Waals surface area (Å²) >= 11 is 17.1. The highest BCUT2D eigenvalue weighted by molar-refractivity contribution is 7.80. The summed E-state index contributed by atoms with van der Waals surface area (Å²) < 4.78 is 0. The number of benzene rings is 2. The van der Waals surface area contributed by atoms with Crippen molar-refractivity contribution in [3.05, 3.63) is 63.6 Å². The molecule has 2 aromatic carbocycles. The molecule has 0 amide bonds. The van der Waals surface area contributed by atoms with Crippen LogP contribution in [0.3, 0.4) is 0 Å². The molecule has 2 rings (SSSR count). The van der Waals surface area contributed by atoms with Gasteiger partial charge in [0.25, 0.3) is 0 Å². The molecule has 0 spiro atoms. The SMILES string of the molecule is CC(C)c1ccc(NC(=S)N/N=C\c2ccc(Cl)cc2Cl)cc1. The van der Waals surface area contributed by atoms with Gasteiger partial charge in [-0.2, -0.15) is 5.10 Å². The summed E-state index contributed by atoms with van der Waals surface area (Å²) in [7, 11) is 0. The highest BCUT2D eigenvalue weighted by Gasteiger charge is 2.01. The van der Waals surface area contributed by atoms with Crippen molar-refractivity contribution >= 4 is 52.4 Å². The third kappa shape index (κ3) is 5.50. The molecule has 0 aliphatic carbocycles. The monoisotopic (exact) mass is 365 g/mol. The Hall–Kier alpha value is -1.62. The maximum absolute atomic E-state index is 6.06. The topological polar surface area (TPSA) is 36.4 Å². The summed E-state index contributed by atoms with van der Waals surface area (Å²) in [6.45, 7) is 4.32. The van der Waals surface area contributed by atoms with Crippen LogP contribution in [-0.4, -0.2) is 11.3 Å². The number of hydrazone groups is 1. The number of nitrogens with zero attached hydrogens (tertiary/aromatic N) is 1. The van der Waals surface area contributed by atoms with Crippen LogP contribution in [0.1, 0.15) is 30.9 Å². The van der Waals surface area contributed by atoms with Crippen LogP contribution in [0.15, 0.2) is 47.6 Å². The lowest BCUT2D eigenvalue weighted by atomic mass is 10.0. The summed E-state index contributed by atoms with van der Waals surface area (Å²) in [5.41, 5.74) is 5.71. The van der Waals surface area contributed by atoms with E-state index >= 15 is 0 Å². The van der Waals surface area contributed by atoms with Gasteiger partial charge < -0.3 is 5.32 Å². The zero-order valence-electron chi connectivity index (χ0n) is 12.8. The van der Waals surface area contributed by atoms with E-state index in [9.17, 15) is 0 Å². The first-order valence-electron chi connectivity index (χ1n) is 7.11. The minimum Gasteiger partial charge on any atom is -0.331 e. The van der Waals surface area contributed by atoms with Gasteiger partial charge in [0, 0.05) is 16.3 Å². The van der Waals surface area contributed by atoms with E-state index in [1.165, 1.54) is 5.56 Å². The number of halogens is 2. The molecule has 0 heterocycles. The molecular formula is C17H17Cl2N3S. The van der Waals surface area contributed by atoms with Crippen molar-refractivity contribution in [3.8, 4) is 0 Å². The van der Waals surface area contributed by atoms with E-state index in [-0.39, 0.29) is 0 Å². The van der Waals surface area contributed by atoms with Crippen molar-refractivity contribution in [1.29, 1.82) is 0 Å². The van der Waals surface area contributed by atoms with E-state index in [1.54, 1.807) is 24.4 Å². The maximum atomic E-state index is 6.06. The molecule has 0 aliphatic heterocycles. The number of rotatable bonds is 4. The van der Waals surface area contributed by atoms with Crippen LogP contribution in [0.5, 0.6) is 0 Å². The van der Waals surface area contributed by atoms with Gasteiger partial charge in [-0.3, -0.25) is 5.43 Å². The zero-order valence-corrected chi connectivity index (χ0v) is 15.1. The van der Waals surface area contributed by atoms with Crippen molar-refractivity contribution in [3.63, 3.8) is 0 Å². The first-order valence-corrected chi connectivity index (χ1v) is 8.27. The number of hydrogen-bond acceptors (Lipinski definition) is 2. The van der Waals surface area contributed by atoms with E-state index < -0.39 is 0 Å². The van der Waals surface area contributed by atoms with E-state index in [4.69, 9.17) is 35.4 Å². The van der Waals surface area contributed by atoms with Crippen molar-refractivity contribution in [2.45, 2.75) is 19.8 Å². The van der Waals surface area contributed by atoms with E-state index in [0.717, 1.165) is 11.3 Å². The second-order valence-corrected chi connectivity index (χ2v) is 6.52. The second-order valence-electron chi connectivity index (χ2n) is 5.27. The van der Waals surface area contributed by atoms with Gasteiger partial charge in [-0.25, -0.2) is 0 Å². The Morgan fingerprint density at radius 3 is 2.43 bits per heavy atom. The molecule has 2 aromatic rings. The Kier molecular flexibility index (Phi) is 6.39. The van der Waals surface area contributed by atoms with Crippen molar-refractivity contribution < 1.29 is 0 Å². The Morgan fingerprint density at radius 1 is 1.13 bits per heavy atom. The fraction of sp³-hybridized carbons (Fsp3) is 0.176. The summed E-state index contributed by atoms with van der Waals surface area (Å²) in [6.07, 6.45) is 1.59. The van der Waals surface area contributed by atoms with Crippen LogP contribution < -0.4 is 10.7 Å². The summed E-state index contributed by atoms with van der Waals surface area (Å²) in [6, 6.07) is 13.3. The molecule has 0 saturated heterocycles. The minimum absolute atomic E-state index is 0.406. The molecule has 3 nitrogen and oxygen atoms in total. The lowest BCUT2D eigenvalue weighted by Gasteiger charge is -2.09. The van der Waals surface area contributed by atoms with Gasteiger partial charge in [0.1, 0.15) is 0 Å². The van der Waals surface area contributed by atoms with Crippen LogP contribution in [-0.2, 0) is 0 Å². The largest absolute Gasteiger partial charge is 0.331 e. The van der Waals surface area contributed by atoms with Crippen molar-refractivity contribution in [1.82, 2.24) is 5.43 Å². The standard InChI is InChI=1S/C17H17Cl2N3S/c1-11(2)12-4-7-15(8-5-12)21-17(23)22-20-10-13-3-6-14(18)9-16(13)19/h3-11H,1-2H3,(H2,21,22,23)/b20-10-. The molecule has 120 valence electrons. The zero-order chi connectivity index (χ0) is 16.8. The average Bonchev–Trinajstić information content (AvgIpc) is 2.50. The third-order valence-electron chi connectivity index (χ3n) is 3.17. The summed E-state index contributed by atoms with van der Waals surface area (Å²) in [5, 5.41) is 8.66. The average molecular weight is 366 g/mol. The number of hydrogen-bond donors (Lipinski definition) is 2. The lowest BCUT2D eigenvalue weighted by Crippen LogP contribution is -2.23. The Balaban J connectivity index is 1.90. The first-order chi connectivity index (χ1) is 11.0. The molecule has 6 heteroatoms. The fourth-order valence-electron chi connectivity index (χ4n) is 1.88. The molecule has 0 atom stereocenters. The van der Waals surface area contributed by atoms with E-state index in [2.05, 4.69) is 41.8 Å². The van der Waals surface area contributed by atoms with E-state index in [0.29, 0.717) is 21.1 Å². The highest BCUT2D eigenvalue weighted by Crippen LogP contribution is 2.19. The molecule has 0 fully saturated rings. The predicted octanol–water partition coefficient (Wildman–Crippen LogP) is 5.44. The van der Waals surface area contributed by atoms with Crippen LogP contribution in [0, 0.1) is 0 Å². The van der Waals surface area contributed by atoms with Crippen LogP contribution in [0.2, 0.25) is 10.0 Å². The van der Waals surface area contributed by atoms with Gasteiger partial charge in [-0.1, -0.05) is 55.2 Å². The normalized spacial score (nSPS) is 11.0. The fourth-order valence-corrected chi connectivity index (χ4v) is 2.50. The third-order valence-corrected chi connectivity index (χ3v) is 3.92. The molecule has 0 aliphatic rings. The van der Waals surface area contributed by atoms with Gasteiger partial charge in [0.15, 0.2) is 5.11 Å². The lowest BCUT2D eigenvalue weighted by molar-refractivity contribution is 0.867. The molecule has 2 N–H and O–H groups in total. The quantitative estimate of drug-likeness (QED) is 0.430. The maximum Gasteiger partial charge on any atom is 0.191 e. The van der Waals surface area contributed by atoms with Crippen LogP contribution in [0.4, 0.5) is 5.69 Å². The number of thiocarbonyl (C=S) groups is 1. The molecule has 23 heavy (non-hydrogen) atoms. The molecule has 0 bridgehead atoms. The van der Waals surface area contributed by atoms with E-state index in [1.807, 2.05) is 12.1 Å². The van der Waals surface area contributed by atoms with Crippen LogP contribution >= 0.6 is 35.4 Å². The second kappa shape index (κ2) is 8.29. The first kappa shape index (κ1) is 17.7. The molecule has 0 radical (unpaired) electrons. The predicted molar refractivity (Wildman–Crippen MR) is 104 cm³/mol. The Labute approximate surface area is 151 Å². The van der Waals surface area contributed by atoms with Crippen molar-refractivity contribution in [2.24, 2.45) is 5.10 Å². The Bertz CT molecular complexity index is 712. The Morgan fingerprint density at radius 2 is 1.83 bits per heavy atom. The number of nitrogens with one attached hydrogen (secondary N) is 2. The highest BCUT2D eigenvalue weighted by atomic mass is 35.5. The molecule has 0 unspecified atom stereocenters. The minimum atomic E-state index is 0.406. The van der Waals surface area contributed by atoms with Gasteiger partial charge in [-0.05, 0) is 48.0 Å². The summed E-state index contributed by atoms with van der Waals surface area (Å²) in [5.74, 6) is 0.503. The van der Waals surface area contributed by atoms with Crippen molar-refractivity contribution in [2.75, 3.05) is 5.32 Å². The van der Waals surface area contributed by atoms with Gasteiger partial charge in [0.05, 0.1) is 11.2 Å². The number of anilines is 1. The molecular weight excluding hydrogens is 349 g/mol. The van der Waals surface area contributed by atoms with Gasteiger partial charge >= 0.3 is 0 Å². The van der Waals surface area contributed by atoms with Gasteiger partial charge in [0.2, 0.25) is 0 Å². The molecule has 0 aromatic heterocycles. The molecule has 0 saturated carbocycles. The summed E-state index contributed by atoms with van der Waals surface area (Å²) in [4.78, 5) is 0. The van der Waals surface area contributed by atoms with Gasteiger partial charge in [-0.15, -0.1) is 0 Å². The van der Waals surface area contributed by atoms with Crippen LogP contribution in [0.25, 0.3) is 0 Å². The smallest absolute Gasteiger partial charge is 0.191 e.